The molecule has 0 aliphatic carbocycles. The fourth-order valence-electron chi connectivity index (χ4n) is 3.48. The van der Waals surface area contributed by atoms with Gasteiger partial charge in [-0.15, -0.1) is 0 Å². The molecule has 4 heteroatoms. The third-order valence-corrected chi connectivity index (χ3v) is 4.15. The van der Waals surface area contributed by atoms with E-state index in [1.54, 1.807) is 0 Å². The molecule has 0 radical (unpaired) electrons. The maximum Gasteiger partial charge on any atom is 0.0753 e. The third kappa shape index (κ3) is 4.99. The van der Waals surface area contributed by atoms with E-state index in [1.807, 2.05) is 0 Å². The number of hydrogen-bond donors (Lipinski definition) is 0. The summed E-state index contributed by atoms with van der Waals surface area (Å²) < 4.78 is 11.6. The average Bonchev–Trinajstić information content (AvgIpc) is 2.25. The van der Waals surface area contributed by atoms with E-state index in [4.69, 9.17) is 9.47 Å². The Labute approximate surface area is 124 Å². The zero-order chi connectivity index (χ0) is 14.8. The molecule has 2 aliphatic rings. The van der Waals surface area contributed by atoms with Gasteiger partial charge in [-0.25, -0.2) is 0 Å². The van der Waals surface area contributed by atoms with E-state index in [9.17, 15) is 0 Å². The van der Waals surface area contributed by atoms with Gasteiger partial charge in [0.2, 0.25) is 0 Å². The number of hydrogen-bond acceptors (Lipinski definition) is 4. The van der Waals surface area contributed by atoms with E-state index in [-0.39, 0.29) is 11.2 Å². The van der Waals surface area contributed by atoms with Gasteiger partial charge in [0.05, 0.1) is 24.4 Å². The predicted octanol–water partition coefficient (Wildman–Crippen LogP) is 1.84. The Balaban J connectivity index is 1.76. The predicted molar refractivity (Wildman–Crippen MR) is 82.1 cm³/mol. The molecule has 0 amide bonds. The average molecular weight is 284 g/mol. The molecule has 20 heavy (non-hydrogen) atoms. The molecule has 2 saturated heterocycles. The summed E-state index contributed by atoms with van der Waals surface area (Å²) in [6.45, 7) is 19.4. The van der Waals surface area contributed by atoms with Crippen molar-refractivity contribution in [3.63, 3.8) is 0 Å². The highest BCUT2D eigenvalue weighted by Crippen LogP contribution is 2.20. The van der Waals surface area contributed by atoms with Crippen LogP contribution in [-0.2, 0) is 9.47 Å². The molecule has 0 N–H and O–H groups in total. The number of ether oxygens (including phenoxy) is 2. The Kier molecular flexibility index (Phi) is 5.11. The number of morpholine rings is 2. The molecule has 2 fully saturated rings. The molecule has 0 aromatic carbocycles. The van der Waals surface area contributed by atoms with Gasteiger partial charge in [0, 0.05) is 39.3 Å². The minimum Gasteiger partial charge on any atom is -0.373 e. The molecule has 0 unspecified atom stereocenters. The van der Waals surface area contributed by atoms with Crippen LogP contribution in [0.1, 0.15) is 34.6 Å². The highest BCUT2D eigenvalue weighted by Gasteiger charge is 2.30. The lowest BCUT2D eigenvalue weighted by Crippen LogP contribution is -2.52. The molecule has 0 spiro atoms. The third-order valence-electron chi connectivity index (χ3n) is 4.15. The van der Waals surface area contributed by atoms with Gasteiger partial charge >= 0.3 is 0 Å². The molecule has 0 bridgehead atoms. The van der Waals surface area contributed by atoms with Crippen molar-refractivity contribution in [3.8, 4) is 0 Å². The first kappa shape index (κ1) is 16.2. The second kappa shape index (κ2) is 6.30. The minimum atomic E-state index is 0.0128. The molecular weight excluding hydrogens is 252 g/mol. The van der Waals surface area contributed by atoms with Crippen molar-refractivity contribution >= 4 is 0 Å². The molecule has 2 rings (SSSR count). The largest absolute Gasteiger partial charge is 0.373 e. The van der Waals surface area contributed by atoms with Gasteiger partial charge in [-0.3, -0.25) is 9.80 Å². The summed E-state index contributed by atoms with van der Waals surface area (Å²) in [5, 5.41) is 0. The van der Waals surface area contributed by atoms with Crippen LogP contribution in [0.4, 0.5) is 0 Å². The van der Waals surface area contributed by atoms with E-state index >= 15 is 0 Å². The van der Waals surface area contributed by atoms with Crippen LogP contribution in [0.3, 0.4) is 0 Å². The van der Waals surface area contributed by atoms with Crippen molar-refractivity contribution in [3.05, 3.63) is 0 Å². The molecule has 118 valence electrons. The van der Waals surface area contributed by atoms with Crippen molar-refractivity contribution in [1.82, 2.24) is 9.80 Å². The summed E-state index contributed by atoms with van der Waals surface area (Å²) in [6.07, 6.45) is 0. The van der Waals surface area contributed by atoms with Crippen molar-refractivity contribution < 1.29 is 9.47 Å². The van der Waals surface area contributed by atoms with Crippen LogP contribution < -0.4 is 0 Å². The van der Waals surface area contributed by atoms with Crippen LogP contribution in [0.25, 0.3) is 0 Å². The van der Waals surface area contributed by atoms with Crippen LogP contribution in [-0.4, -0.2) is 73.5 Å². The number of nitrogens with zero attached hydrogens (tertiary/aromatic N) is 2. The van der Waals surface area contributed by atoms with Gasteiger partial charge in [-0.2, -0.15) is 0 Å². The highest BCUT2D eigenvalue weighted by molar-refractivity contribution is 4.83. The first-order valence-electron chi connectivity index (χ1n) is 7.98. The molecule has 0 aromatic heterocycles. The molecule has 0 aromatic rings. The standard InChI is InChI=1S/C16H32N2O2/c1-14(10-17-6-8-19-15(2,3)12-17)11-18-7-9-20-16(4,5)13-18/h14H,6-13H2,1-5H3. The maximum atomic E-state index is 5.79. The van der Waals surface area contributed by atoms with Crippen LogP contribution in [0, 0.1) is 5.92 Å². The summed E-state index contributed by atoms with van der Waals surface area (Å²) >= 11 is 0. The minimum absolute atomic E-state index is 0.0128. The lowest BCUT2D eigenvalue weighted by molar-refractivity contribution is -0.0976. The monoisotopic (exact) mass is 284 g/mol. The quantitative estimate of drug-likeness (QED) is 0.786. The van der Waals surface area contributed by atoms with Gasteiger partial charge in [-0.1, -0.05) is 6.92 Å². The van der Waals surface area contributed by atoms with Crippen LogP contribution >= 0.6 is 0 Å². The van der Waals surface area contributed by atoms with E-state index in [2.05, 4.69) is 44.4 Å². The van der Waals surface area contributed by atoms with Crippen molar-refractivity contribution in [1.29, 1.82) is 0 Å². The van der Waals surface area contributed by atoms with E-state index in [0.717, 1.165) is 39.4 Å². The summed E-state index contributed by atoms with van der Waals surface area (Å²) in [5.74, 6) is 0.692. The van der Waals surface area contributed by atoms with E-state index < -0.39 is 0 Å². The van der Waals surface area contributed by atoms with Gasteiger partial charge in [0.25, 0.3) is 0 Å². The van der Waals surface area contributed by atoms with Gasteiger partial charge < -0.3 is 9.47 Å². The van der Waals surface area contributed by atoms with Crippen LogP contribution in [0.15, 0.2) is 0 Å². The normalized spacial score (nSPS) is 27.9. The Morgan fingerprint density at radius 1 is 0.850 bits per heavy atom. The number of rotatable bonds is 4. The lowest BCUT2D eigenvalue weighted by atomic mass is 10.0. The first-order chi connectivity index (χ1) is 9.26. The zero-order valence-corrected chi connectivity index (χ0v) is 13.9. The second-order valence-corrected chi connectivity index (χ2v) is 7.79. The second-order valence-electron chi connectivity index (χ2n) is 7.79. The SMILES string of the molecule is CC(CN1CCOC(C)(C)C1)CN1CCOC(C)(C)C1. The molecule has 2 aliphatic heterocycles. The summed E-state index contributed by atoms with van der Waals surface area (Å²) in [6, 6.07) is 0. The Morgan fingerprint density at radius 3 is 1.60 bits per heavy atom. The van der Waals surface area contributed by atoms with Gasteiger partial charge in [0.1, 0.15) is 0 Å². The summed E-state index contributed by atoms with van der Waals surface area (Å²) in [4.78, 5) is 5.11. The lowest BCUT2D eigenvalue weighted by Gasteiger charge is -2.41. The van der Waals surface area contributed by atoms with Crippen LogP contribution in [0.5, 0.6) is 0 Å². The summed E-state index contributed by atoms with van der Waals surface area (Å²) in [5.41, 5.74) is 0.0256. The highest BCUT2D eigenvalue weighted by atomic mass is 16.5. The maximum absolute atomic E-state index is 5.79. The van der Waals surface area contributed by atoms with E-state index in [0.29, 0.717) is 5.92 Å². The summed E-state index contributed by atoms with van der Waals surface area (Å²) in [7, 11) is 0. The van der Waals surface area contributed by atoms with Crippen LogP contribution in [0.2, 0.25) is 0 Å². The Hall–Kier alpha value is -0.160. The van der Waals surface area contributed by atoms with Gasteiger partial charge in [-0.05, 0) is 33.6 Å². The van der Waals surface area contributed by atoms with Crippen molar-refractivity contribution in [2.75, 3.05) is 52.5 Å². The van der Waals surface area contributed by atoms with Crippen molar-refractivity contribution in [2.24, 2.45) is 5.92 Å². The smallest absolute Gasteiger partial charge is 0.0753 e. The molecule has 2 heterocycles. The fourth-order valence-corrected chi connectivity index (χ4v) is 3.48. The molecule has 0 atom stereocenters. The Bertz CT molecular complexity index is 288. The fraction of sp³-hybridized carbons (Fsp3) is 1.00. The zero-order valence-electron chi connectivity index (χ0n) is 13.9. The molecular formula is C16H32N2O2. The first-order valence-corrected chi connectivity index (χ1v) is 7.98. The Morgan fingerprint density at radius 2 is 1.25 bits per heavy atom. The van der Waals surface area contributed by atoms with Crippen molar-refractivity contribution in [2.45, 2.75) is 45.8 Å². The molecule has 4 nitrogen and oxygen atoms in total. The van der Waals surface area contributed by atoms with E-state index in [1.165, 1.54) is 13.1 Å². The topological polar surface area (TPSA) is 24.9 Å². The van der Waals surface area contributed by atoms with Gasteiger partial charge in [0.15, 0.2) is 0 Å². The molecule has 0 saturated carbocycles.